The summed E-state index contributed by atoms with van der Waals surface area (Å²) in [6.07, 6.45) is 2.16. The maximum atomic E-state index is 13.1. The van der Waals surface area contributed by atoms with E-state index in [-0.39, 0.29) is 22.7 Å². The molecule has 1 saturated heterocycles. The zero-order valence-electron chi connectivity index (χ0n) is 16.0. The molecule has 6 heteroatoms. The van der Waals surface area contributed by atoms with E-state index in [2.05, 4.69) is 0 Å². The van der Waals surface area contributed by atoms with Gasteiger partial charge in [0.05, 0.1) is 6.61 Å². The Morgan fingerprint density at radius 1 is 1.31 bits per heavy atom. The molecule has 0 spiro atoms. The number of esters is 1. The number of benzene rings is 1. The lowest BCUT2D eigenvalue weighted by molar-refractivity contribution is -0.154. The molecule has 1 amide bonds. The molecule has 0 aliphatic carbocycles. The molecular formula is C20H28ClNO3S. The number of rotatable bonds is 6. The molecule has 1 fully saturated rings. The molecule has 2 unspecified atom stereocenters. The summed E-state index contributed by atoms with van der Waals surface area (Å²) in [6.45, 7) is 8.51. The number of hydrogen-bond acceptors (Lipinski definition) is 4. The molecule has 144 valence electrons. The number of hydrogen-bond donors (Lipinski definition) is 0. The number of carbonyl (C=O) groups excluding carboxylic acids is 2. The fraction of sp³-hybridized carbons (Fsp3) is 0.600. The predicted molar refractivity (Wildman–Crippen MR) is 107 cm³/mol. The van der Waals surface area contributed by atoms with Crippen LogP contribution in [0.3, 0.4) is 0 Å². The van der Waals surface area contributed by atoms with Crippen LogP contribution >= 0.6 is 23.4 Å². The fourth-order valence-corrected chi connectivity index (χ4v) is 4.64. The maximum Gasteiger partial charge on any atom is 0.329 e. The molecule has 2 rings (SSSR count). The second-order valence-corrected chi connectivity index (χ2v) is 9.30. The molecular weight excluding hydrogens is 370 g/mol. The number of halogens is 1. The molecule has 1 aromatic rings. The Balaban J connectivity index is 2.27. The lowest BCUT2D eigenvalue weighted by Gasteiger charge is -2.31. The van der Waals surface area contributed by atoms with E-state index < -0.39 is 6.04 Å². The van der Waals surface area contributed by atoms with Crippen LogP contribution in [0.25, 0.3) is 0 Å². The van der Waals surface area contributed by atoms with Crippen LogP contribution in [0.2, 0.25) is 5.02 Å². The van der Waals surface area contributed by atoms with Crippen molar-refractivity contribution in [2.45, 2.75) is 58.4 Å². The van der Waals surface area contributed by atoms with Gasteiger partial charge in [-0.1, -0.05) is 63.9 Å². The van der Waals surface area contributed by atoms with E-state index in [0.29, 0.717) is 23.8 Å². The number of ether oxygens (including phenoxy) is 1. The van der Waals surface area contributed by atoms with Crippen molar-refractivity contribution in [2.24, 2.45) is 5.41 Å². The van der Waals surface area contributed by atoms with Crippen molar-refractivity contribution in [3.63, 3.8) is 0 Å². The van der Waals surface area contributed by atoms with Gasteiger partial charge in [0.15, 0.2) is 0 Å². The highest BCUT2D eigenvalue weighted by molar-refractivity contribution is 7.99. The number of amides is 1. The van der Waals surface area contributed by atoms with Gasteiger partial charge in [-0.25, -0.2) is 4.79 Å². The predicted octanol–water partition coefficient (Wildman–Crippen LogP) is 5.06. The van der Waals surface area contributed by atoms with Gasteiger partial charge >= 0.3 is 5.97 Å². The standard InChI is InChI=1S/C20H28ClNO3S/c1-5-6-11-25-19(24)16-13-26-18(14-9-7-8-10-15(14)21)22(16)17(23)12-20(2,3)4/h7-10,16,18H,5-6,11-13H2,1-4H3. The summed E-state index contributed by atoms with van der Waals surface area (Å²) in [6, 6.07) is 6.94. The summed E-state index contributed by atoms with van der Waals surface area (Å²) >= 11 is 7.94. The highest BCUT2D eigenvalue weighted by Gasteiger charge is 2.44. The summed E-state index contributed by atoms with van der Waals surface area (Å²) in [5, 5.41) is 0.348. The molecule has 0 saturated carbocycles. The minimum atomic E-state index is -0.562. The Morgan fingerprint density at radius 3 is 2.62 bits per heavy atom. The van der Waals surface area contributed by atoms with Crippen LogP contribution in [0.5, 0.6) is 0 Å². The van der Waals surface area contributed by atoms with Gasteiger partial charge in [0.25, 0.3) is 0 Å². The average Bonchev–Trinajstić information content (AvgIpc) is 2.99. The largest absolute Gasteiger partial charge is 0.464 e. The van der Waals surface area contributed by atoms with Crippen LogP contribution in [-0.4, -0.2) is 35.2 Å². The van der Waals surface area contributed by atoms with Crippen molar-refractivity contribution in [3.05, 3.63) is 34.9 Å². The molecule has 2 atom stereocenters. The zero-order chi connectivity index (χ0) is 19.3. The molecule has 0 bridgehead atoms. The smallest absolute Gasteiger partial charge is 0.329 e. The van der Waals surface area contributed by atoms with E-state index in [4.69, 9.17) is 16.3 Å². The second-order valence-electron chi connectivity index (χ2n) is 7.78. The topological polar surface area (TPSA) is 46.6 Å². The summed E-state index contributed by atoms with van der Waals surface area (Å²) in [5.41, 5.74) is 0.705. The monoisotopic (exact) mass is 397 g/mol. The summed E-state index contributed by atoms with van der Waals surface area (Å²) in [7, 11) is 0. The maximum absolute atomic E-state index is 13.1. The van der Waals surface area contributed by atoms with E-state index in [1.165, 1.54) is 0 Å². The van der Waals surface area contributed by atoms with Crippen molar-refractivity contribution in [3.8, 4) is 0 Å². The first-order valence-corrected chi connectivity index (χ1v) is 10.5. The number of nitrogens with zero attached hydrogens (tertiary/aromatic N) is 1. The number of unbranched alkanes of at least 4 members (excludes halogenated alkanes) is 1. The van der Waals surface area contributed by atoms with Gasteiger partial charge in [0.1, 0.15) is 11.4 Å². The van der Waals surface area contributed by atoms with Crippen LogP contribution in [0, 0.1) is 5.41 Å². The molecule has 26 heavy (non-hydrogen) atoms. The Labute approximate surface area is 165 Å². The van der Waals surface area contributed by atoms with Crippen molar-refractivity contribution >= 4 is 35.2 Å². The minimum absolute atomic E-state index is 0.0372. The Bertz CT molecular complexity index is 644. The van der Waals surface area contributed by atoms with Gasteiger partial charge in [-0.15, -0.1) is 11.8 Å². The van der Waals surface area contributed by atoms with Crippen molar-refractivity contribution in [2.75, 3.05) is 12.4 Å². The molecule has 1 aliphatic rings. The third kappa shape index (κ3) is 5.40. The molecule has 4 nitrogen and oxygen atoms in total. The van der Waals surface area contributed by atoms with Crippen molar-refractivity contribution in [1.82, 2.24) is 4.90 Å². The van der Waals surface area contributed by atoms with E-state index >= 15 is 0 Å². The van der Waals surface area contributed by atoms with E-state index in [9.17, 15) is 9.59 Å². The van der Waals surface area contributed by atoms with Gasteiger partial charge in [-0.2, -0.15) is 0 Å². The van der Waals surface area contributed by atoms with E-state index in [1.54, 1.807) is 16.7 Å². The van der Waals surface area contributed by atoms with E-state index in [0.717, 1.165) is 18.4 Å². The summed E-state index contributed by atoms with van der Waals surface area (Å²) < 4.78 is 5.41. The lowest BCUT2D eigenvalue weighted by Crippen LogP contribution is -2.45. The highest BCUT2D eigenvalue weighted by Crippen LogP contribution is 2.45. The second kappa shape index (κ2) is 9.14. The lowest BCUT2D eigenvalue weighted by atomic mass is 9.91. The zero-order valence-corrected chi connectivity index (χ0v) is 17.5. The van der Waals surface area contributed by atoms with Crippen LogP contribution in [-0.2, 0) is 14.3 Å². The normalized spacial score (nSPS) is 20.3. The average molecular weight is 398 g/mol. The Morgan fingerprint density at radius 2 is 2.00 bits per heavy atom. The first kappa shape index (κ1) is 21.1. The quantitative estimate of drug-likeness (QED) is 0.497. The van der Waals surface area contributed by atoms with Crippen molar-refractivity contribution in [1.29, 1.82) is 0 Å². The molecule has 1 aliphatic heterocycles. The molecule has 1 heterocycles. The van der Waals surface area contributed by atoms with Gasteiger partial charge in [0.2, 0.25) is 5.91 Å². The highest BCUT2D eigenvalue weighted by atomic mass is 35.5. The van der Waals surface area contributed by atoms with Crippen LogP contribution < -0.4 is 0 Å². The number of thioether (sulfide) groups is 1. The fourth-order valence-electron chi connectivity index (χ4n) is 2.87. The van der Waals surface area contributed by atoms with Gasteiger partial charge < -0.3 is 9.64 Å². The molecule has 0 radical (unpaired) electrons. The first-order valence-electron chi connectivity index (χ1n) is 9.08. The SMILES string of the molecule is CCCCOC(=O)C1CSC(c2ccccc2Cl)N1C(=O)CC(C)(C)C. The third-order valence-corrected chi connectivity index (χ3v) is 5.80. The van der Waals surface area contributed by atoms with E-state index in [1.807, 2.05) is 52.0 Å². The van der Waals surface area contributed by atoms with Crippen LogP contribution in [0.15, 0.2) is 24.3 Å². The van der Waals surface area contributed by atoms with Gasteiger partial charge in [0, 0.05) is 22.8 Å². The summed E-state index contributed by atoms with van der Waals surface area (Å²) in [4.78, 5) is 27.3. The summed E-state index contributed by atoms with van der Waals surface area (Å²) in [5.74, 6) is 0.170. The minimum Gasteiger partial charge on any atom is -0.464 e. The number of carbonyl (C=O) groups is 2. The molecule has 0 aromatic heterocycles. The van der Waals surface area contributed by atoms with Crippen LogP contribution in [0.4, 0.5) is 0 Å². The van der Waals surface area contributed by atoms with Gasteiger partial charge in [-0.3, -0.25) is 4.79 Å². The van der Waals surface area contributed by atoms with Crippen molar-refractivity contribution < 1.29 is 14.3 Å². The van der Waals surface area contributed by atoms with Gasteiger partial charge in [-0.05, 0) is 17.9 Å². The molecule has 0 N–H and O–H groups in total. The Kier molecular flexibility index (Phi) is 7.42. The van der Waals surface area contributed by atoms with Crippen LogP contribution in [0.1, 0.15) is 57.9 Å². The Hall–Kier alpha value is -1.20. The molecule has 1 aromatic carbocycles. The first-order chi connectivity index (χ1) is 12.2. The third-order valence-electron chi connectivity index (χ3n) is 4.16.